The molecule has 3 rings (SSSR count). The van der Waals surface area contributed by atoms with Gasteiger partial charge in [0.1, 0.15) is 11.4 Å². The highest BCUT2D eigenvalue weighted by molar-refractivity contribution is 5.99. The number of carboxylic acids is 1. The van der Waals surface area contributed by atoms with Gasteiger partial charge in [-0.3, -0.25) is 0 Å². The summed E-state index contributed by atoms with van der Waals surface area (Å²) in [5.41, 5.74) is 3.30. The number of nitrogens with zero attached hydrogens (tertiary/aromatic N) is 2. The number of hydrogen-bond donors (Lipinski definition) is 1. The third-order valence-corrected chi connectivity index (χ3v) is 3.77. The second-order valence-corrected chi connectivity index (χ2v) is 5.42. The molecule has 1 fully saturated rings. The third kappa shape index (κ3) is 2.56. The number of hydrogen-bond acceptors (Lipinski definition) is 4. The predicted octanol–water partition coefficient (Wildman–Crippen LogP) is 2.39. The van der Waals surface area contributed by atoms with Crippen LogP contribution < -0.4 is 4.90 Å². The van der Waals surface area contributed by atoms with Crippen LogP contribution in [0.25, 0.3) is 10.9 Å². The maximum atomic E-state index is 11.6. The molecule has 2 aromatic rings. The van der Waals surface area contributed by atoms with Crippen LogP contribution in [-0.2, 0) is 4.74 Å². The topological polar surface area (TPSA) is 62.7 Å². The second kappa shape index (κ2) is 5.33. The Hall–Kier alpha value is -2.14. The Bertz CT molecular complexity index is 706. The minimum Gasteiger partial charge on any atom is -0.478 e. The molecule has 5 heteroatoms. The van der Waals surface area contributed by atoms with E-state index in [0.717, 1.165) is 22.0 Å². The maximum Gasteiger partial charge on any atom is 0.339 e. The number of pyridine rings is 1. The van der Waals surface area contributed by atoms with Gasteiger partial charge in [-0.15, -0.1) is 0 Å². The van der Waals surface area contributed by atoms with Crippen LogP contribution in [0.1, 0.15) is 21.5 Å². The lowest BCUT2D eigenvalue weighted by molar-refractivity contribution is 0.0696. The lowest BCUT2D eigenvalue weighted by atomic mass is 10.0. The van der Waals surface area contributed by atoms with Gasteiger partial charge in [-0.05, 0) is 31.5 Å². The van der Waals surface area contributed by atoms with E-state index < -0.39 is 5.97 Å². The molecule has 1 aliphatic heterocycles. The van der Waals surface area contributed by atoms with E-state index in [-0.39, 0.29) is 5.56 Å². The van der Waals surface area contributed by atoms with Crippen molar-refractivity contribution in [1.29, 1.82) is 0 Å². The fourth-order valence-corrected chi connectivity index (χ4v) is 2.82. The molecule has 1 saturated heterocycles. The Morgan fingerprint density at radius 1 is 1.24 bits per heavy atom. The molecule has 0 aliphatic carbocycles. The number of aromatic nitrogens is 1. The smallest absolute Gasteiger partial charge is 0.339 e. The fraction of sp³-hybridized carbons (Fsp3) is 0.375. The van der Waals surface area contributed by atoms with Crippen LogP contribution in [0.3, 0.4) is 0 Å². The van der Waals surface area contributed by atoms with Gasteiger partial charge in [0, 0.05) is 18.5 Å². The van der Waals surface area contributed by atoms with Gasteiger partial charge in [0.05, 0.1) is 18.7 Å². The van der Waals surface area contributed by atoms with Gasteiger partial charge in [0.25, 0.3) is 0 Å². The van der Waals surface area contributed by atoms with E-state index in [0.29, 0.717) is 32.1 Å². The minimum atomic E-state index is -0.940. The normalized spacial score (nSPS) is 15.4. The monoisotopic (exact) mass is 286 g/mol. The summed E-state index contributed by atoms with van der Waals surface area (Å²) in [5, 5.41) is 10.4. The number of aryl methyl sites for hydroxylation is 2. The first-order valence-corrected chi connectivity index (χ1v) is 7.04. The first-order valence-electron chi connectivity index (χ1n) is 7.04. The van der Waals surface area contributed by atoms with Gasteiger partial charge in [-0.25, -0.2) is 9.78 Å². The van der Waals surface area contributed by atoms with Crippen molar-refractivity contribution in [1.82, 2.24) is 4.98 Å². The second-order valence-electron chi connectivity index (χ2n) is 5.42. The van der Waals surface area contributed by atoms with Gasteiger partial charge < -0.3 is 14.7 Å². The Morgan fingerprint density at radius 3 is 2.62 bits per heavy atom. The number of morpholine rings is 1. The van der Waals surface area contributed by atoms with Crippen molar-refractivity contribution in [3.8, 4) is 0 Å². The summed E-state index contributed by atoms with van der Waals surface area (Å²) < 4.78 is 5.33. The average Bonchev–Trinajstić information content (AvgIpc) is 2.46. The number of anilines is 1. The molecule has 0 saturated carbocycles. The van der Waals surface area contributed by atoms with Crippen LogP contribution in [0.4, 0.5) is 5.82 Å². The van der Waals surface area contributed by atoms with Crippen LogP contribution in [0.15, 0.2) is 18.2 Å². The lowest BCUT2D eigenvalue weighted by Crippen LogP contribution is -2.37. The highest BCUT2D eigenvalue weighted by atomic mass is 16.5. The molecule has 1 N–H and O–H groups in total. The van der Waals surface area contributed by atoms with Crippen LogP contribution in [0.5, 0.6) is 0 Å². The number of carbonyl (C=O) groups is 1. The van der Waals surface area contributed by atoms with Crippen molar-refractivity contribution in [2.45, 2.75) is 13.8 Å². The molecule has 1 aromatic heterocycles. The number of aromatic carboxylic acids is 1. The van der Waals surface area contributed by atoms with E-state index in [9.17, 15) is 9.90 Å². The molecule has 5 nitrogen and oxygen atoms in total. The number of rotatable bonds is 2. The molecule has 0 atom stereocenters. The summed E-state index contributed by atoms with van der Waals surface area (Å²) in [6.45, 7) is 6.55. The standard InChI is InChI=1S/C16H18N2O3/c1-10-7-11(2)14-12(8-10)9-13(16(19)20)15(17-14)18-3-5-21-6-4-18/h7-9H,3-6H2,1-2H3,(H,19,20). The van der Waals surface area contributed by atoms with Crippen molar-refractivity contribution in [3.05, 3.63) is 34.9 Å². The molecule has 0 amide bonds. The number of ether oxygens (including phenoxy) is 1. The van der Waals surface area contributed by atoms with Crippen LogP contribution in [0.2, 0.25) is 0 Å². The number of carboxylic acid groups (broad SMARTS) is 1. The van der Waals surface area contributed by atoms with E-state index >= 15 is 0 Å². The molecule has 0 radical (unpaired) electrons. The average molecular weight is 286 g/mol. The number of benzene rings is 1. The summed E-state index contributed by atoms with van der Waals surface area (Å²) in [7, 11) is 0. The molecular formula is C16H18N2O3. The first-order chi connectivity index (χ1) is 10.1. The molecule has 21 heavy (non-hydrogen) atoms. The summed E-state index contributed by atoms with van der Waals surface area (Å²) in [4.78, 5) is 18.2. The van der Waals surface area contributed by atoms with E-state index in [4.69, 9.17) is 4.74 Å². The molecule has 0 bridgehead atoms. The van der Waals surface area contributed by atoms with Crippen molar-refractivity contribution in [2.24, 2.45) is 0 Å². The van der Waals surface area contributed by atoms with Gasteiger partial charge in [-0.1, -0.05) is 11.6 Å². The van der Waals surface area contributed by atoms with Gasteiger partial charge >= 0.3 is 5.97 Å². The minimum absolute atomic E-state index is 0.259. The molecule has 110 valence electrons. The SMILES string of the molecule is Cc1cc(C)c2nc(N3CCOCC3)c(C(=O)O)cc2c1. The summed E-state index contributed by atoms with van der Waals surface area (Å²) >= 11 is 0. The Morgan fingerprint density at radius 2 is 1.95 bits per heavy atom. The highest BCUT2D eigenvalue weighted by Gasteiger charge is 2.21. The Labute approximate surface area is 123 Å². The van der Waals surface area contributed by atoms with Crippen LogP contribution >= 0.6 is 0 Å². The Balaban J connectivity index is 2.21. The summed E-state index contributed by atoms with van der Waals surface area (Å²) in [6.07, 6.45) is 0. The van der Waals surface area contributed by atoms with Crippen molar-refractivity contribution in [2.75, 3.05) is 31.2 Å². The zero-order valence-corrected chi connectivity index (χ0v) is 12.2. The van der Waals surface area contributed by atoms with E-state index in [1.165, 1.54) is 0 Å². The predicted molar refractivity (Wildman–Crippen MR) is 81.2 cm³/mol. The molecule has 1 aliphatic rings. The molecule has 2 heterocycles. The van der Waals surface area contributed by atoms with Crippen molar-refractivity contribution < 1.29 is 14.6 Å². The summed E-state index contributed by atoms with van der Waals surface area (Å²) in [6, 6.07) is 5.78. The lowest BCUT2D eigenvalue weighted by Gasteiger charge is -2.29. The van der Waals surface area contributed by atoms with E-state index in [1.54, 1.807) is 6.07 Å². The molecule has 0 spiro atoms. The van der Waals surface area contributed by atoms with Crippen LogP contribution in [0, 0.1) is 13.8 Å². The number of fused-ring (bicyclic) bond motifs is 1. The van der Waals surface area contributed by atoms with E-state index in [1.807, 2.05) is 24.8 Å². The first kappa shape index (κ1) is 13.8. The van der Waals surface area contributed by atoms with Crippen molar-refractivity contribution in [3.63, 3.8) is 0 Å². The zero-order valence-electron chi connectivity index (χ0n) is 12.2. The van der Waals surface area contributed by atoms with Gasteiger partial charge in [0.2, 0.25) is 0 Å². The Kier molecular flexibility index (Phi) is 3.51. The van der Waals surface area contributed by atoms with Gasteiger partial charge in [0.15, 0.2) is 0 Å². The molecule has 1 aromatic carbocycles. The zero-order chi connectivity index (χ0) is 15.0. The third-order valence-electron chi connectivity index (χ3n) is 3.77. The maximum absolute atomic E-state index is 11.6. The van der Waals surface area contributed by atoms with E-state index in [2.05, 4.69) is 11.1 Å². The molecule has 0 unspecified atom stereocenters. The van der Waals surface area contributed by atoms with Crippen LogP contribution in [-0.4, -0.2) is 42.4 Å². The largest absolute Gasteiger partial charge is 0.478 e. The highest BCUT2D eigenvalue weighted by Crippen LogP contribution is 2.27. The molecular weight excluding hydrogens is 268 g/mol. The quantitative estimate of drug-likeness (QED) is 0.918. The van der Waals surface area contributed by atoms with Crippen molar-refractivity contribution >= 4 is 22.7 Å². The fourth-order valence-electron chi connectivity index (χ4n) is 2.82. The summed E-state index contributed by atoms with van der Waals surface area (Å²) in [5.74, 6) is -0.393. The van der Waals surface area contributed by atoms with Gasteiger partial charge in [-0.2, -0.15) is 0 Å².